The van der Waals surface area contributed by atoms with Gasteiger partial charge in [-0.25, -0.2) is 14.5 Å². The molecule has 0 atom stereocenters. The Bertz CT molecular complexity index is 626. The second kappa shape index (κ2) is 5.11. The van der Waals surface area contributed by atoms with E-state index in [-0.39, 0.29) is 6.04 Å². The third-order valence-electron chi connectivity index (χ3n) is 2.57. The molecule has 2 heterocycles. The lowest BCUT2D eigenvalue weighted by molar-refractivity contribution is 0.0636. The first-order valence-electron chi connectivity index (χ1n) is 6.59. The Morgan fingerprint density at radius 1 is 1.35 bits per heavy atom. The van der Waals surface area contributed by atoms with Crippen molar-refractivity contribution in [1.82, 2.24) is 14.8 Å². The molecule has 0 aliphatic heterocycles. The van der Waals surface area contributed by atoms with Gasteiger partial charge in [0.05, 0.1) is 18.1 Å². The van der Waals surface area contributed by atoms with E-state index in [9.17, 15) is 4.79 Å². The van der Waals surface area contributed by atoms with E-state index in [4.69, 9.17) is 4.74 Å². The molecule has 2 rings (SSSR count). The van der Waals surface area contributed by atoms with Gasteiger partial charge in [0.15, 0.2) is 5.65 Å². The lowest BCUT2D eigenvalue weighted by Gasteiger charge is -2.19. The summed E-state index contributed by atoms with van der Waals surface area (Å²) in [7, 11) is 0. The molecule has 2 aromatic rings. The zero-order valence-electron chi connectivity index (χ0n) is 12.5. The number of anilines is 1. The fourth-order valence-electron chi connectivity index (χ4n) is 1.81. The minimum atomic E-state index is -0.524. The summed E-state index contributed by atoms with van der Waals surface area (Å²) in [4.78, 5) is 16.0. The summed E-state index contributed by atoms with van der Waals surface area (Å²) in [6.07, 6.45) is 2.85. The fourth-order valence-corrected chi connectivity index (χ4v) is 1.81. The lowest BCUT2D eigenvalue weighted by atomic mass is 10.2. The van der Waals surface area contributed by atoms with Crippen LogP contribution in [0.5, 0.6) is 0 Å². The number of hydrogen-bond acceptors (Lipinski definition) is 4. The average Bonchev–Trinajstić information content (AvgIpc) is 2.68. The van der Waals surface area contributed by atoms with Crippen LogP contribution in [0, 0.1) is 0 Å². The van der Waals surface area contributed by atoms with E-state index in [0.29, 0.717) is 5.69 Å². The predicted octanol–water partition coefficient (Wildman–Crippen LogP) is 3.36. The SMILES string of the molecule is CC(C)n1ncc2cc(NC(=O)OC(C)(C)C)cnc21. The van der Waals surface area contributed by atoms with Gasteiger partial charge in [0, 0.05) is 11.4 Å². The molecule has 0 saturated heterocycles. The molecule has 0 radical (unpaired) electrons. The molecule has 20 heavy (non-hydrogen) atoms. The summed E-state index contributed by atoms with van der Waals surface area (Å²) in [5, 5.41) is 7.83. The fraction of sp³-hybridized carbons (Fsp3) is 0.500. The molecule has 6 nitrogen and oxygen atoms in total. The van der Waals surface area contributed by atoms with Gasteiger partial charge in [-0.05, 0) is 40.7 Å². The van der Waals surface area contributed by atoms with Gasteiger partial charge >= 0.3 is 6.09 Å². The Balaban J connectivity index is 2.19. The maximum Gasteiger partial charge on any atom is 0.412 e. The molecule has 0 saturated carbocycles. The summed E-state index contributed by atoms with van der Waals surface area (Å²) in [6.45, 7) is 9.55. The van der Waals surface area contributed by atoms with Crippen LogP contribution in [0.15, 0.2) is 18.5 Å². The average molecular weight is 276 g/mol. The monoisotopic (exact) mass is 276 g/mol. The second-order valence-corrected chi connectivity index (χ2v) is 5.95. The van der Waals surface area contributed by atoms with E-state index in [1.165, 1.54) is 0 Å². The maximum absolute atomic E-state index is 11.7. The maximum atomic E-state index is 11.7. The van der Waals surface area contributed by atoms with Gasteiger partial charge < -0.3 is 4.74 Å². The Morgan fingerprint density at radius 3 is 2.65 bits per heavy atom. The number of amides is 1. The first kappa shape index (κ1) is 14.3. The van der Waals surface area contributed by atoms with E-state index in [1.54, 1.807) is 12.4 Å². The Kier molecular flexibility index (Phi) is 3.65. The van der Waals surface area contributed by atoms with Crippen molar-refractivity contribution in [1.29, 1.82) is 0 Å². The minimum Gasteiger partial charge on any atom is -0.444 e. The van der Waals surface area contributed by atoms with Gasteiger partial charge in [0.25, 0.3) is 0 Å². The highest BCUT2D eigenvalue weighted by Crippen LogP contribution is 2.19. The molecule has 0 aliphatic carbocycles. The van der Waals surface area contributed by atoms with Gasteiger partial charge in [-0.2, -0.15) is 5.10 Å². The number of nitrogens with zero attached hydrogens (tertiary/aromatic N) is 3. The molecule has 0 spiro atoms. The minimum absolute atomic E-state index is 0.240. The van der Waals surface area contributed by atoms with E-state index in [1.807, 2.05) is 45.4 Å². The van der Waals surface area contributed by atoms with Crippen molar-refractivity contribution in [3.8, 4) is 0 Å². The third kappa shape index (κ3) is 3.26. The number of aromatic nitrogens is 3. The first-order valence-corrected chi connectivity index (χ1v) is 6.59. The molecule has 6 heteroatoms. The van der Waals surface area contributed by atoms with Gasteiger partial charge in [0.2, 0.25) is 0 Å². The quantitative estimate of drug-likeness (QED) is 0.913. The largest absolute Gasteiger partial charge is 0.444 e. The van der Waals surface area contributed by atoms with Crippen LogP contribution >= 0.6 is 0 Å². The molecule has 108 valence electrons. The predicted molar refractivity (Wildman–Crippen MR) is 77.8 cm³/mol. The first-order chi connectivity index (χ1) is 9.26. The molecular weight excluding hydrogens is 256 g/mol. The van der Waals surface area contributed by atoms with Crippen LogP contribution in [0.4, 0.5) is 10.5 Å². The van der Waals surface area contributed by atoms with Gasteiger partial charge in [0.1, 0.15) is 5.60 Å². The Hall–Kier alpha value is -2.11. The number of carbonyl (C=O) groups excluding carboxylic acids is 1. The summed E-state index contributed by atoms with van der Waals surface area (Å²) < 4.78 is 7.04. The van der Waals surface area contributed by atoms with Crippen LogP contribution in [0.3, 0.4) is 0 Å². The molecule has 2 aromatic heterocycles. The normalized spacial score (nSPS) is 11.9. The molecule has 0 aliphatic rings. The van der Waals surface area contributed by atoms with Crippen molar-refractivity contribution in [2.75, 3.05) is 5.32 Å². The van der Waals surface area contributed by atoms with E-state index >= 15 is 0 Å². The van der Waals surface area contributed by atoms with Crippen molar-refractivity contribution >= 4 is 22.8 Å². The summed E-state index contributed by atoms with van der Waals surface area (Å²) in [6, 6.07) is 2.07. The van der Waals surface area contributed by atoms with E-state index in [2.05, 4.69) is 15.4 Å². The zero-order valence-corrected chi connectivity index (χ0v) is 12.5. The summed E-state index contributed by atoms with van der Waals surface area (Å²) in [5.74, 6) is 0. The molecule has 1 N–H and O–H groups in total. The molecule has 0 fully saturated rings. The smallest absolute Gasteiger partial charge is 0.412 e. The number of hydrogen-bond donors (Lipinski definition) is 1. The van der Waals surface area contributed by atoms with Crippen LogP contribution in [0.25, 0.3) is 11.0 Å². The number of nitrogens with one attached hydrogen (secondary N) is 1. The van der Waals surface area contributed by atoms with Crippen LogP contribution in [-0.2, 0) is 4.74 Å². The van der Waals surface area contributed by atoms with Gasteiger partial charge in [-0.3, -0.25) is 5.32 Å². The van der Waals surface area contributed by atoms with Crippen molar-refractivity contribution in [2.45, 2.75) is 46.3 Å². The molecule has 1 amide bonds. The molecule has 0 aromatic carbocycles. The topological polar surface area (TPSA) is 69.0 Å². The third-order valence-corrected chi connectivity index (χ3v) is 2.57. The van der Waals surface area contributed by atoms with Crippen molar-refractivity contribution in [3.63, 3.8) is 0 Å². The van der Waals surface area contributed by atoms with Gasteiger partial charge in [-0.15, -0.1) is 0 Å². The van der Waals surface area contributed by atoms with Crippen LogP contribution < -0.4 is 5.32 Å². The highest BCUT2D eigenvalue weighted by atomic mass is 16.6. The van der Waals surface area contributed by atoms with Crippen molar-refractivity contribution < 1.29 is 9.53 Å². The second-order valence-electron chi connectivity index (χ2n) is 5.95. The zero-order chi connectivity index (χ0) is 14.9. The van der Waals surface area contributed by atoms with Crippen molar-refractivity contribution in [2.24, 2.45) is 0 Å². The van der Waals surface area contributed by atoms with Crippen molar-refractivity contribution in [3.05, 3.63) is 18.5 Å². The lowest BCUT2D eigenvalue weighted by Crippen LogP contribution is -2.27. The van der Waals surface area contributed by atoms with Crippen LogP contribution in [-0.4, -0.2) is 26.5 Å². The van der Waals surface area contributed by atoms with Gasteiger partial charge in [-0.1, -0.05) is 0 Å². The molecule has 0 unspecified atom stereocenters. The van der Waals surface area contributed by atoms with E-state index < -0.39 is 11.7 Å². The molecular formula is C14H20N4O2. The number of rotatable bonds is 2. The Morgan fingerprint density at radius 2 is 2.05 bits per heavy atom. The van der Waals surface area contributed by atoms with Crippen LogP contribution in [0.1, 0.15) is 40.7 Å². The molecule has 0 bridgehead atoms. The number of ether oxygens (including phenoxy) is 1. The summed E-state index contributed by atoms with van der Waals surface area (Å²) >= 11 is 0. The number of fused-ring (bicyclic) bond motifs is 1. The van der Waals surface area contributed by atoms with Crippen LogP contribution in [0.2, 0.25) is 0 Å². The Labute approximate surface area is 118 Å². The van der Waals surface area contributed by atoms with E-state index in [0.717, 1.165) is 11.0 Å². The highest BCUT2D eigenvalue weighted by molar-refractivity contribution is 5.88. The standard InChI is InChI=1S/C14H20N4O2/c1-9(2)18-12-10(7-16-18)6-11(8-15-12)17-13(19)20-14(3,4)5/h6-9H,1-5H3,(H,17,19). The summed E-state index contributed by atoms with van der Waals surface area (Å²) in [5.41, 5.74) is 0.870. The number of pyridine rings is 1. The number of carbonyl (C=O) groups is 1. The highest BCUT2D eigenvalue weighted by Gasteiger charge is 2.16.